The van der Waals surface area contributed by atoms with Crippen molar-refractivity contribution in [3.05, 3.63) is 46.0 Å². The highest BCUT2D eigenvalue weighted by Crippen LogP contribution is 2.21. The molecule has 0 saturated carbocycles. The van der Waals surface area contributed by atoms with E-state index in [1.807, 2.05) is 0 Å². The van der Waals surface area contributed by atoms with E-state index >= 15 is 0 Å². The third-order valence-electron chi connectivity index (χ3n) is 2.54. The van der Waals surface area contributed by atoms with Gasteiger partial charge in [0.1, 0.15) is 6.10 Å². The minimum absolute atomic E-state index is 0.0491. The smallest absolute Gasteiger partial charge is 0.306 e. The molecule has 0 spiro atoms. The Balaban J connectivity index is 2.15. The van der Waals surface area contributed by atoms with E-state index in [0.29, 0.717) is 18.4 Å². The third kappa shape index (κ3) is 2.69. The molecule has 1 aromatic carbocycles. The Hall–Kier alpha value is -2.17. The van der Waals surface area contributed by atoms with Crippen molar-refractivity contribution in [3.8, 4) is 0 Å². The van der Waals surface area contributed by atoms with Crippen molar-refractivity contribution < 1.29 is 14.5 Å². The fourth-order valence-electron chi connectivity index (χ4n) is 1.69. The molecule has 0 N–H and O–H groups in total. The van der Waals surface area contributed by atoms with Crippen LogP contribution in [-0.4, -0.2) is 17.0 Å². The molecule has 1 unspecified atom stereocenters. The number of nitro groups is 1. The number of hydrogen-bond donors (Lipinski definition) is 0. The van der Waals surface area contributed by atoms with Crippen LogP contribution in [0, 0.1) is 10.1 Å². The Morgan fingerprint density at radius 3 is 2.82 bits per heavy atom. The van der Waals surface area contributed by atoms with Crippen LogP contribution in [0.15, 0.2) is 30.3 Å². The minimum Gasteiger partial charge on any atom is -0.458 e. The van der Waals surface area contributed by atoms with Crippen molar-refractivity contribution in [3.63, 3.8) is 0 Å². The van der Waals surface area contributed by atoms with E-state index in [4.69, 9.17) is 4.74 Å². The van der Waals surface area contributed by atoms with E-state index < -0.39 is 4.92 Å². The molecule has 5 heteroatoms. The first-order valence-electron chi connectivity index (χ1n) is 5.28. The number of hydrogen-bond acceptors (Lipinski definition) is 4. The quantitative estimate of drug-likeness (QED) is 0.456. The molecule has 5 nitrogen and oxygen atoms in total. The monoisotopic (exact) mass is 233 g/mol. The summed E-state index contributed by atoms with van der Waals surface area (Å²) in [4.78, 5) is 21.2. The van der Waals surface area contributed by atoms with Crippen molar-refractivity contribution in [1.29, 1.82) is 0 Å². The Bertz CT molecular complexity index is 481. The standard InChI is InChI=1S/C12H11NO4/c14-12-8-7-10(17-12)6-5-9-3-1-2-4-11(9)13(15)16/h1-6,10H,7-8H2/b6-5+. The van der Waals surface area contributed by atoms with Gasteiger partial charge in [-0.15, -0.1) is 0 Å². The molecule has 1 fully saturated rings. The van der Waals surface area contributed by atoms with E-state index in [1.165, 1.54) is 6.07 Å². The molecule has 1 aliphatic rings. The molecule has 17 heavy (non-hydrogen) atoms. The fraction of sp³-hybridized carbons (Fsp3) is 0.250. The maximum atomic E-state index is 10.9. The molecule has 1 aliphatic heterocycles. The van der Waals surface area contributed by atoms with Gasteiger partial charge in [0.15, 0.2) is 0 Å². The summed E-state index contributed by atoms with van der Waals surface area (Å²) in [5.41, 5.74) is 0.563. The number of nitro benzene ring substituents is 1. The maximum Gasteiger partial charge on any atom is 0.306 e. The minimum atomic E-state index is -0.430. The van der Waals surface area contributed by atoms with Gasteiger partial charge >= 0.3 is 5.97 Å². The Labute approximate surface area is 97.9 Å². The van der Waals surface area contributed by atoms with Gasteiger partial charge in [0.05, 0.1) is 10.5 Å². The number of benzene rings is 1. The first-order valence-corrected chi connectivity index (χ1v) is 5.28. The molecule has 1 heterocycles. The van der Waals surface area contributed by atoms with E-state index in [9.17, 15) is 14.9 Å². The summed E-state index contributed by atoms with van der Waals surface area (Å²) >= 11 is 0. The van der Waals surface area contributed by atoms with Crippen LogP contribution in [0.2, 0.25) is 0 Å². The first kappa shape index (κ1) is 11.3. The second-order valence-electron chi connectivity index (χ2n) is 3.74. The fourth-order valence-corrected chi connectivity index (χ4v) is 1.69. The van der Waals surface area contributed by atoms with Crippen LogP contribution in [0.25, 0.3) is 6.08 Å². The van der Waals surface area contributed by atoms with Gasteiger partial charge in [-0.25, -0.2) is 0 Å². The predicted octanol–water partition coefficient (Wildman–Crippen LogP) is 2.31. The number of para-hydroxylation sites is 1. The summed E-state index contributed by atoms with van der Waals surface area (Å²) in [7, 11) is 0. The van der Waals surface area contributed by atoms with Gasteiger partial charge in [-0.3, -0.25) is 14.9 Å². The van der Waals surface area contributed by atoms with E-state index in [1.54, 1.807) is 30.4 Å². The third-order valence-corrected chi connectivity index (χ3v) is 2.54. The van der Waals surface area contributed by atoms with Crippen LogP contribution >= 0.6 is 0 Å². The van der Waals surface area contributed by atoms with Crippen LogP contribution < -0.4 is 0 Å². The number of rotatable bonds is 3. The van der Waals surface area contributed by atoms with Gasteiger partial charge in [-0.1, -0.05) is 12.1 Å². The Morgan fingerprint density at radius 1 is 1.41 bits per heavy atom. The van der Waals surface area contributed by atoms with Crippen LogP contribution in [0.1, 0.15) is 18.4 Å². The molecule has 0 aromatic heterocycles. The van der Waals surface area contributed by atoms with Crippen molar-refractivity contribution >= 4 is 17.7 Å². The zero-order valence-electron chi connectivity index (χ0n) is 9.04. The zero-order chi connectivity index (χ0) is 12.3. The summed E-state index contributed by atoms with van der Waals surface area (Å²) in [6, 6.07) is 6.45. The van der Waals surface area contributed by atoms with Gasteiger partial charge in [-0.05, 0) is 24.6 Å². The highest BCUT2D eigenvalue weighted by molar-refractivity contribution is 5.72. The van der Waals surface area contributed by atoms with Crippen molar-refractivity contribution in [2.24, 2.45) is 0 Å². The Kier molecular flexibility index (Phi) is 3.18. The van der Waals surface area contributed by atoms with E-state index in [2.05, 4.69) is 0 Å². The van der Waals surface area contributed by atoms with Crippen LogP contribution in [-0.2, 0) is 9.53 Å². The lowest BCUT2D eigenvalue weighted by Gasteiger charge is -2.02. The first-order chi connectivity index (χ1) is 8.16. The molecule has 1 aromatic rings. The molecule has 0 bridgehead atoms. The lowest BCUT2D eigenvalue weighted by Crippen LogP contribution is -2.02. The molecular weight excluding hydrogens is 222 g/mol. The predicted molar refractivity (Wildman–Crippen MR) is 61.2 cm³/mol. The summed E-state index contributed by atoms with van der Waals surface area (Å²) in [5, 5.41) is 10.8. The van der Waals surface area contributed by atoms with Crippen LogP contribution in [0.5, 0.6) is 0 Å². The summed E-state index contributed by atoms with van der Waals surface area (Å²) in [6.07, 6.45) is 4.10. The van der Waals surface area contributed by atoms with Crippen molar-refractivity contribution in [2.75, 3.05) is 0 Å². The Morgan fingerprint density at radius 2 is 2.18 bits per heavy atom. The topological polar surface area (TPSA) is 69.4 Å². The number of cyclic esters (lactones) is 1. The number of carbonyl (C=O) groups excluding carboxylic acids is 1. The number of carbonyl (C=O) groups is 1. The zero-order valence-corrected chi connectivity index (χ0v) is 9.04. The van der Waals surface area contributed by atoms with Crippen molar-refractivity contribution in [2.45, 2.75) is 18.9 Å². The van der Waals surface area contributed by atoms with Crippen molar-refractivity contribution in [1.82, 2.24) is 0 Å². The summed E-state index contributed by atoms with van der Waals surface area (Å²) in [5.74, 6) is -0.220. The molecule has 0 amide bonds. The average Bonchev–Trinajstić information content (AvgIpc) is 2.73. The maximum absolute atomic E-state index is 10.9. The molecule has 2 rings (SSSR count). The van der Waals surface area contributed by atoms with Crippen LogP contribution in [0.3, 0.4) is 0 Å². The molecule has 88 valence electrons. The summed E-state index contributed by atoms with van der Waals surface area (Å²) < 4.78 is 4.99. The van der Waals surface area contributed by atoms with E-state index in [-0.39, 0.29) is 17.8 Å². The highest BCUT2D eigenvalue weighted by Gasteiger charge is 2.20. The molecular formula is C12H11NO4. The number of esters is 1. The lowest BCUT2D eigenvalue weighted by atomic mass is 10.1. The van der Waals surface area contributed by atoms with Crippen LogP contribution in [0.4, 0.5) is 5.69 Å². The van der Waals surface area contributed by atoms with Gasteiger partial charge < -0.3 is 4.74 Å². The normalized spacial score (nSPS) is 19.5. The molecule has 1 saturated heterocycles. The largest absolute Gasteiger partial charge is 0.458 e. The SMILES string of the molecule is O=C1CCC(/C=C/c2ccccc2[N+](=O)[O-])O1. The number of nitrogens with zero attached hydrogens (tertiary/aromatic N) is 1. The highest BCUT2D eigenvalue weighted by atomic mass is 16.6. The number of ether oxygens (including phenoxy) is 1. The van der Waals surface area contributed by atoms with Gasteiger partial charge in [0, 0.05) is 12.5 Å². The summed E-state index contributed by atoms with van der Waals surface area (Å²) in [6.45, 7) is 0. The molecule has 1 atom stereocenters. The molecule has 0 aliphatic carbocycles. The van der Waals surface area contributed by atoms with Gasteiger partial charge in [0.25, 0.3) is 5.69 Å². The lowest BCUT2D eigenvalue weighted by molar-refractivity contribution is -0.385. The van der Waals surface area contributed by atoms with E-state index in [0.717, 1.165) is 0 Å². The van der Waals surface area contributed by atoms with Gasteiger partial charge in [-0.2, -0.15) is 0 Å². The van der Waals surface area contributed by atoms with Gasteiger partial charge in [0.2, 0.25) is 0 Å². The average molecular weight is 233 g/mol. The molecule has 0 radical (unpaired) electrons. The second kappa shape index (κ2) is 4.78. The second-order valence-corrected chi connectivity index (χ2v) is 3.74.